The molecule has 1 aliphatic rings. The van der Waals surface area contributed by atoms with Crippen molar-refractivity contribution in [2.24, 2.45) is 0 Å². The summed E-state index contributed by atoms with van der Waals surface area (Å²) in [6, 6.07) is 8.84. The standard InChI is InChI=1S/C23H40O3Si/c1-22(2,3)19-14-12-18(13-15-19)20(26-21-11-9-10-16-24-21)17-25-27(7,8)23(4,5)6/h12-15,20-21H,9-11,16-17H2,1-8H3. The third-order valence-corrected chi connectivity index (χ3v) is 10.5. The van der Waals surface area contributed by atoms with Gasteiger partial charge in [-0.3, -0.25) is 0 Å². The maximum atomic E-state index is 6.51. The van der Waals surface area contributed by atoms with Crippen LogP contribution in [0.15, 0.2) is 24.3 Å². The molecule has 4 heteroatoms. The van der Waals surface area contributed by atoms with Crippen LogP contribution in [0.5, 0.6) is 0 Å². The van der Waals surface area contributed by atoms with E-state index >= 15 is 0 Å². The number of rotatable bonds is 6. The first kappa shape index (κ1) is 22.6. The highest BCUT2D eigenvalue weighted by Crippen LogP contribution is 2.38. The molecule has 0 saturated carbocycles. The van der Waals surface area contributed by atoms with Crippen molar-refractivity contribution in [1.82, 2.24) is 0 Å². The molecular weight excluding hydrogens is 352 g/mol. The summed E-state index contributed by atoms with van der Waals surface area (Å²) < 4.78 is 18.7. The summed E-state index contributed by atoms with van der Waals surface area (Å²) in [5.74, 6) is 0. The lowest BCUT2D eigenvalue weighted by Crippen LogP contribution is -2.42. The predicted molar refractivity (Wildman–Crippen MR) is 116 cm³/mol. The fraction of sp³-hybridized carbons (Fsp3) is 0.739. The van der Waals surface area contributed by atoms with Gasteiger partial charge in [0, 0.05) is 6.61 Å². The molecule has 0 aliphatic carbocycles. The largest absolute Gasteiger partial charge is 0.414 e. The van der Waals surface area contributed by atoms with Crippen LogP contribution in [-0.2, 0) is 19.3 Å². The van der Waals surface area contributed by atoms with Gasteiger partial charge < -0.3 is 13.9 Å². The van der Waals surface area contributed by atoms with E-state index in [0.717, 1.165) is 19.4 Å². The summed E-state index contributed by atoms with van der Waals surface area (Å²) >= 11 is 0. The molecule has 0 aromatic heterocycles. The van der Waals surface area contributed by atoms with Crippen molar-refractivity contribution in [3.63, 3.8) is 0 Å². The first-order valence-corrected chi connectivity index (χ1v) is 13.3. The molecule has 2 atom stereocenters. The number of hydrogen-bond donors (Lipinski definition) is 0. The molecule has 1 saturated heterocycles. The highest BCUT2D eigenvalue weighted by molar-refractivity contribution is 6.74. The Morgan fingerprint density at radius 3 is 2.15 bits per heavy atom. The number of ether oxygens (including phenoxy) is 2. The van der Waals surface area contributed by atoms with Crippen LogP contribution in [0.4, 0.5) is 0 Å². The van der Waals surface area contributed by atoms with Crippen LogP contribution in [0.1, 0.15) is 78.0 Å². The molecule has 0 radical (unpaired) electrons. The third kappa shape index (κ3) is 6.42. The minimum Gasteiger partial charge on any atom is -0.414 e. The normalized spacial score (nSPS) is 20.5. The van der Waals surface area contributed by atoms with Gasteiger partial charge in [-0.25, -0.2) is 0 Å². The molecule has 1 heterocycles. The van der Waals surface area contributed by atoms with Crippen LogP contribution < -0.4 is 0 Å². The summed E-state index contributed by atoms with van der Waals surface area (Å²) in [6.45, 7) is 19.5. The van der Waals surface area contributed by atoms with Gasteiger partial charge in [-0.05, 0) is 53.9 Å². The van der Waals surface area contributed by atoms with Gasteiger partial charge in [0.25, 0.3) is 0 Å². The molecular formula is C23H40O3Si. The van der Waals surface area contributed by atoms with Gasteiger partial charge >= 0.3 is 0 Å². The molecule has 154 valence electrons. The highest BCUT2D eigenvalue weighted by atomic mass is 28.4. The summed E-state index contributed by atoms with van der Waals surface area (Å²) in [6.07, 6.45) is 3.07. The molecule has 0 spiro atoms. The van der Waals surface area contributed by atoms with E-state index in [2.05, 4.69) is 78.9 Å². The Labute approximate surface area is 167 Å². The Morgan fingerprint density at radius 2 is 1.67 bits per heavy atom. The van der Waals surface area contributed by atoms with E-state index in [-0.39, 0.29) is 22.8 Å². The fourth-order valence-corrected chi connectivity index (χ4v) is 3.92. The lowest BCUT2D eigenvalue weighted by Gasteiger charge is -2.38. The summed E-state index contributed by atoms with van der Waals surface area (Å²) in [5, 5.41) is 0.189. The van der Waals surface area contributed by atoms with Crippen molar-refractivity contribution in [3.8, 4) is 0 Å². The van der Waals surface area contributed by atoms with Crippen molar-refractivity contribution in [1.29, 1.82) is 0 Å². The van der Waals surface area contributed by atoms with Gasteiger partial charge in [0.15, 0.2) is 14.6 Å². The smallest absolute Gasteiger partial charge is 0.192 e. The van der Waals surface area contributed by atoms with E-state index in [9.17, 15) is 0 Å². The van der Waals surface area contributed by atoms with Crippen molar-refractivity contribution in [3.05, 3.63) is 35.4 Å². The second-order valence-electron chi connectivity index (χ2n) is 10.4. The summed E-state index contributed by atoms with van der Waals surface area (Å²) in [5.41, 5.74) is 2.67. The molecule has 0 N–H and O–H groups in total. The summed E-state index contributed by atoms with van der Waals surface area (Å²) in [7, 11) is -1.83. The average Bonchev–Trinajstić information content (AvgIpc) is 2.58. The number of benzene rings is 1. The Kier molecular flexibility index (Phi) is 7.34. The van der Waals surface area contributed by atoms with Crippen molar-refractivity contribution < 1.29 is 13.9 Å². The minimum absolute atomic E-state index is 0.0868. The first-order valence-electron chi connectivity index (χ1n) is 10.4. The van der Waals surface area contributed by atoms with Gasteiger partial charge in [0.1, 0.15) is 6.10 Å². The predicted octanol–water partition coefficient (Wildman–Crippen LogP) is 6.59. The molecule has 3 nitrogen and oxygen atoms in total. The molecule has 2 unspecified atom stereocenters. The Balaban J connectivity index is 2.16. The second-order valence-corrected chi connectivity index (χ2v) is 15.2. The zero-order chi connectivity index (χ0) is 20.3. The quantitative estimate of drug-likeness (QED) is 0.511. The van der Waals surface area contributed by atoms with Gasteiger partial charge in [0.05, 0.1) is 6.61 Å². The van der Waals surface area contributed by atoms with Crippen LogP contribution in [0.3, 0.4) is 0 Å². The Bertz CT molecular complexity index is 575. The van der Waals surface area contributed by atoms with Gasteiger partial charge in [-0.2, -0.15) is 0 Å². The molecule has 1 aromatic carbocycles. The monoisotopic (exact) mass is 392 g/mol. The van der Waals surface area contributed by atoms with E-state index in [1.54, 1.807) is 0 Å². The lowest BCUT2D eigenvalue weighted by atomic mass is 9.86. The average molecular weight is 393 g/mol. The maximum Gasteiger partial charge on any atom is 0.192 e. The fourth-order valence-electron chi connectivity index (χ4n) is 2.91. The van der Waals surface area contributed by atoms with Crippen molar-refractivity contribution in [2.45, 2.75) is 96.7 Å². The van der Waals surface area contributed by atoms with Crippen LogP contribution in [0.25, 0.3) is 0 Å². The molecule has 1 aliphatic heterocycles. The molecule has 1 fully saturated rings. The SMILES string of the molecule is CC(C)(C)c1ccc(C(CO[Si](C)(C)C(C)(C)C)OC2CCCCO2)cc1. The van der Waals surface area contributed by atoms with E-state index < -0.39 is 8.32 Å². The van der Waals surface area contributed by atoms with Crippen LogP contribution in [0.2, 0.25) is 18.1 Å². The zero-order valence-corrected chi connectivity index (χ0v) is 19.7. The van der Waals surface area contributed by atoms with E-state index in [1.165, 1.54) is 17.5 Å². The van der Waals surface area contributed by atoms with E-state index in [0.29, 0.717) is 6.61 Å². The van der Waals surface area contributed by atoms with Crippen molar-refractivity contribution in [2.75, 3.05) is 13.2 Å². The van der Waals surface area contributed by atoms with Crippen LogP contribution in [-0.4, -0.2) is 27.8 Å². The van der Waals surface area contributed by atoms with Gasteiger partial charge in [-0.1, -0.05) is 65.8 Å². The third-order valence-electron chi connectivity index (χ3n) is 6.00. The van der Waals surface area contributed by atoms with Gasteiger partial charge in [-0.15, -0.1) is 0 Å². The lowest BCUT2D eigenvalue weighted by molar-refractivity contribution is -0.195. The molecule has 2 rings (SSSR count). The molecule has 1 aromatic rings. The van der Waals surface area contributed by atoms with E-state index in [1.807, 2.05) is 0 Å². The minimum atomic E-state index is -1.83. The first-order chi connectivity index (χ1) is 12.4. The van der Waals surface area contributed by atoms with Crippen LogP contribution in [0, 0.1) is 0 Å². The zero-order valence-electron chi connectivity index (χ0n) is 18.7. The number of hydrogen-bond acceptors (Lipinski definition) is 3. The van der Waals surface area contributed by atoms with Gasteiger partial charge in [0.2, 0.25) is 0 Å². The highest BCUT2D eigenvalue weighted by Gasteiger charge is 2.38. The Hall–Kier alpha value is -0.683. The molecule has 0 amide bonds. The topological polar surface area (TPSA) is 27.7 Å². The Morgan fingerprint density at radius 1 is 1.04 bits per heavy atom. The van der Waals surface area contributed by atoms with E-state index in [4.69, 9.17) is 13.9 Å². The molecule has 0 bridgehead atoms. The van der Waals surface area contributed by atoms with Crippen LogP contribution >= 0.6 is 0 Å². The maximum absolute atomic E-state index is 6.51. The summed E-state index contributed by atoms with van der Waals surface area (Å²) in [4.78, 5) is 0. The van der Waals surface area contributed by atoms with Crippen molar-refractivity contribution >= 4 is 8.32 Å². The molecule has 27 heavy (non-hydrogen) atoms. The second kappa shape index (κ2) is 8.77.